The highest BCUT2D eigenvalue weighted by Crippen LogP contribution is 2.31. The summed E-state index contributed by atoms with van der Waals surface area (Å²) in [5, 5.41) is 1.37. The Morgan fingerprint density at radius 3 is 2.60 bits per heavy atom. The molecule has 25 heavy (non-hydrogen) atoms. The fourth-order valence-corrected chi connectivity index (χ4v) is 4.68. The fraction of sp³-hybridized carbons (Fsp3) is 0.294. The molecule has 2 aromatic heterocycles. The Balaban J connectivity index is 1.87. The third-order valence-corrected chi connectivity index (χ3v) is 6.10. The number of hydrogen-bond donors (Lipinski definition) is 0. The maximum absolute atomic E-state index is 12.9. The van der Waals surface area contributed by atoms with E-state index in [-0.39, 0.29) is 5.91 Å². The first kappa shape index (κ1) is 18.6. The number of nitrogens with zero attached hydrogens (tertiary/aromatic N) is 3. The van der Waals surface area contributed by atoms with Gasteiger partial charge in [0.1, 0.15) is 0 Å². The lowest BCUT2D eigenvalue weighted by Crippen LogP contribution is -2.37. The van der Waals surface area contributed by atoms with Crippen molar-refractivity contribution in [1.29, 1.82) is 0 Å². The molecule has 0 spiro atoms. The van der Waals surface area contributed by atoms with Crippen LogP contribution < -0.4 is 4.90 Å². The number of anilines is 1. The lowest BCUT2D eigenvalue weighted by molar-refractivity contribution is -0.118. The second-order valence-electron chi connectivity index (χ2n) is 5.84. The number of fused-ring (bicyclic) bond motifs is 1. The molecule has 2 heterocycles. The van der Waals surface area contributed by atoms with Crippen LogP contribution in [0.4, 0.5) is 5.13 Å². The molecule has 0 aliphatic carbocycles. The van der Waals surface area contributed by atoms with Crippen molar-refractivity contribution < 1.29 is 4.79 Å². The van der Waals surface area contributed by atoms with Crippen LogP contribution in [-0.4, -0.2) is 43.0 Å². The Kier molecular flexibility index (Phi) is 5.96. The molecule has 4 nitrogen and oxygen atoms in total. The molecule has 132 valence electrons. The lowest BCUT2D eigenvalue weighted by atomic mass is 10.3. The normalized spacial score (nSPS) is 11.4. The molecule has 0 atom stereocenters. The standard InChI is InChI=1S/C17H17Cl2N3OS2/c1-21(2)7-8-22(16(23)10-12-4-6-15(19)24-12)17-20-13-5-3-11(18)9-14(13)25-17/h3-6,9H,7-8,10H2,1-2H3. The Labute approximate surface area is 164 Å². The molecule has 0 fully saturated rings. The molecular weight excluding hydrogens is 397 g/mol. The average molecular weight is 414 g/mol. The van der Waals surface area contributed by atoms with Crippen molar-refractivity contribution in [3.05, 3.63) is 44.6 Å². The van der Waals surface area contributed by atoms with Gasteiger partial charge in [-0.3, -0.25) is 9.69 Å². The Morgan fingerprint density at radius 1 is 1.12 bits per heavy atom. The number of benzene rings is 1. The molecule has 0 radical (unpaired) electrons. The Bertz CT molecular complexity index is 891. The molecular formula is C17H17Cl2N3OS2. The Morgan fingerprint density at radius 2 is 1.92 bits per heavy atom. The van der Waals surface area contributed by atoms with E-state index in [0.717, 1.165) is 21.6 Å². The van der Waals surface area contributed by atoms with E-state index < -0.39 is 0 Å². The summed E-state index contributed by atoms with van der Waals surface area (Å²) >= 11 is 15.0. The molecule has 3 aromatic rings. The quantitative estimate of drug-likeness (QED) is 0.581. The molecule has 0 saturated heterocycles. The third-order valence-electron chi connectivity index (χ3n) is 3.60. The summed E-state index contributed by atoms with van der Waals surface area (Å²) in [6, 6.07) is 9.29. The van der Waals surface area contributed by atoms with Crippen LogP contribution in [0.15, 0.2) is 30.3 Å². The molecule has 1 amide bonds. The van der Waals surface area contributed by atoms with Crippen LogP contribution in [0.5, 0.6) is 0 Å². The topological polar surface area (TPSA) is 36.4 Å². The van der Waals surface area contributed by atoms with Crippen LogP contribution in [0.2, 0.25) is 9.36 Å². The smallest absolute Gasteiger partial charge is 0.234 e. The molecule has 0 N–H and O–H groups in total. The predicted molar refractivity (Wildman–Crippen MR) is 109 cm³/mol. The van der Waals surface area contributed by atoms with E-state index in [1.807, 2.05) is 49.3 Å². The highest BCUT2D eigenvalue weighted by molar-refractivity contribution is 7.22. The first-order valence-corrected chi connectivity index (χ1v) is 10.1. The molecule has 1 aromatic carbocycles. The number of carbonyl (C=O) groups excluding carboxylic acids is 1. The van der Waals surface area contributed by atoms with Crippen molar-refractivity contribution in [2.45, 2.75) is 6.42 Å². The largest absolute Gasteiger partial charge is 0.308 e. The molecule has 3 rings (SSSR count). The highest BCUT2D eigenvalue weighted by Gasteiger charge is 2.21. The van der Waals surface area contributed by atoms with Gasteiger partial charge in [-0.2, -0.15) is 0 Å². The van der Waals surface area contributed by atoms with Crippen LogP contribution in [-0.2, 0) is 11.2 Å². The van der Waals surface area contributed by atoms with Gasteiger partial charge >= 0.3 is 0 Å². The van der Waals surface area contributed by atoms with Crippen molar-refractivity contribution in [2.75, 3.05) is 32.1 Å². The van der Waals surface area contributed by atoms with Gasteiger partial charge in [-0.05, 0) is 44.4 Å². The molecule has 0 unspecified atom stereocenters. The van der Waals surface area contributed by atoms with Crippen LogP contribution >= 0.6 is 45.9 Å². The molecule has 0 aliphatic rings. The van der Waals surface area contributed by atoms with E-state index in [4.69, 9.17) is 23.2 Å². The number of amides is 1. The SMILES string of the molecule is CN(C)CCN(C(=O)Cc1ccc(Cl)s1)c1nc2ccc(Cl)cc2s1. The minimum absolute atomic E-state index is 0.0190. The lowest BCUT2D eigenvalue weighted by Gasteiger charge is -2.21. The zero-order valence-electron chi connectivity index (χ0n) is 13.8. The number of likely N-dealkylation sites (N-methyl/N-ethyl adjacent to an activating group) is 1. The summed E-state index contributed by atoms with van der Waals surface area (Å²) in [4.78, 5) is 22.3. The summed E-state index contributed by atoms with van der Waals surface area (Å²) in [5.74, 6) is 0.0190. The van der Waals surface area contributed by atoms with E-state index >= 15 is 0 Å². The van der Waals surface area contributed by atoms with Crippen molar-refractivity contribution in [2.24, 2.45) is 0 Å². The monoisotopic (exact) mass is 413 g/mol. The van der Waals surface area contributed by atoms with Gasteiger partial charge < -0.3 is 4.90 Å². The van der Waals surface area contributed by atoms with Crippen molar-refractivity contribution in [3.8, 4) is 0 Å². The van der Waals surface area contributed by atoms with E-state index in [0.29, 0.717) is 27.5 Å². The minimum Gasteiger partial charge on any atom is -0.308 e. The zero-order chi connectivity index (χ0) is 18.0. The fourth-order valence-electron chi connectivity index (χ4n) is 2.32. The van der Waals surface area contributed by atoms with Crippen molar-refractivity contribution >= 4 is 67.1 Å². The van der Waals surface area contributed by atoms with Gasteiger partial charge in [0, 0.05) is 23.0 Å². The van der Waals surface area contributed by atoms with E-state index in [2.05, 4.69) is 4.98 Å². The number of carbonyl (C=O) groups is 1. The minimum atomic E-state index is 0.0190. The van der Waals surface area contributed by atoms with Gasteiger partial charge in [0.05, 0.1) is 21.0 Å². The van der Waals surface area contributed by atoms with Crippen LogP contribution in [0.3, 0.4) is 0 Å². The van der Waals surface area contributed by atoms with Crippen LogP contribution in [0, 0.1) is 0 Å². The summed E-state index contributed by atoms with van der Waals surface area (Å²) < 4.78 is 1.67. The van der Waals surface area contributed by atoms with Gasteiger partial charge in [-0.15, -0.1) is 11.3 Å². The van der Waals surface area contributed by atoms with Crippen LogP contribution in [0.25, 0.3) is 10.2 Å². The van der Waals surface area contributed by atoms with Crippen molar-refractivity contribution in [3.63, 3.8) is 0 Å². The summed E-state index contributed by atoms with van der Waals surface area (Å²) in [6.07, 6.45) is 0.321. The molecule has 0 bridgehead atoms. The second kappa shape index (κ2) is 8.01. The molecule has 0 saturated carbocycles. The second-order valence-corrected chi connectivity index (χ2v) is 9.08. The number of halogens is 2. The Hall–Kier alpha value is -1.18. The zero-order valence-corrected chi connectivity index (χ0v) is 17.0. The van der Waals surface area contributed by atoms with E-state index in [1.54, 1.807) is 4.90 Å². The maximum atomic E-state index is 12.9. The first-order valence-electron chi connectivity index (χ1n) is 7.68. The van der Waals surface area contributed by atoms with Gasteiger partial charge in [0.15, 0.2) is 5.13 Å². The number of rotatable bonds is 6. The van der Waals surface area contributed by atoms with Crippen LogP contribution in [0.1, 0.15) is 4.88 Å². The maximum Gasteiger partial charge on any atom is 0.234 e. The highest BCUT2D eigenvalue weighted by atomic mass is 35.5. The summed E-state index contributed by atoms with van der Waals surface area (Å²) in [6.45, 7) is 1.34. The van der Waals surface area contributed by atoms with Gasteiger partial charge in [0.2, 0.25) is 5.91 Å². The molecule has 0 aliphatic heterocycles. The number of aromatic nitrogens is 1. The first-order chi connectivity index (χ1) is 11.9. The van der Waals surface area contributed by atoms with Gasteiger partial charge in [-0.25, -0.2) is 4.98 Å². The van der Waals surface area contributed by atoms with Crippen molar-refractivity contribution in [1.82, 2.24) is 9.88 Å². The van der Waals surface area contributed by atoms with Gasteiger partial charge in [0.25, 0.3) is 0 Å². The number of thiazole rings is 1. The average Bonchev–Trinajstić information content (AvgIpc) is 3.12. The summed E-state index contributed by atoms with van der Waals surface area (Å²) in [5.41, 5.74) is 0.853. The van der Waals surface area contributed by atoms with E-state index in [1.165, 1.54) is 22.7 Å². The number of hydrogen-bond acceptors (Lipinski definition) is 5. The third kappa shape index (κ3) is 4.71. The predicted octanol–water partition coefficient (Wildman–Crippen LogP) is 4.80. The molecule has 8 heteroatoms. The number of thiophene rings is 1. The summed E-state index contributed by atoms with van der Waals surface area (Å²) in [7, 11) is 3.97. The van der Waals surface area contributed by atoms with E-state index in [9.17, 15) is 4.79 Å². The van der Waals surface area contributed by atoms with Gasteiger partial charge in [-0.1, -0.05) is 34.5 Å².